The average Bonchev–Trinajstić information content (AvgIpc) is 2.72. The van der Waals surface area contributed by atoms with Gasteiger partial charge >= 0.3 is 5.97 Å². The first-order valence-corrected chi connectivity index (χ1v) is 7.74. The van der Waals surface area contributed by atoms with E-state index in [9.17, 15) is 14.4 Å². The van der Waals surface area contributed by atoms with E-state index in [2.05, 4.69) is 0 Å². The number of esters is 1. The molecule has 0 bridgehead atoms. The van der Waals surface area contributed by atoms with Gasteiger partial charge in [0, 0.05) is 31.8 Å². The Morgan fingerprint density at radius 3 is 2.26 bits per heavy atom. The Kier molecular flexibility index (Phi) is 6.12. The number of amides is 1. The second kappa shape index (κ2) is 7.44. The molecule has 0 spiro atoms. The van der Waals surface area contributed by atoms with Gasteiger partial charge in [0.05, 0.1) is 13.2 Å². The zero-order valence-corrected chi connectivity index (χ0v) is 15.0. The predicted molar refractivity (Wildman–Crippen MR) is 87.7 cm³/mol. The molecule has 0 aromatic carbocycles. The molecule has 1 heterocycles. The molecule has 1 rings (SSSR count). The fourth-order valence-corrected chi connectivity index (χ4v) is 2.94. The smallest absolute Gasteiger partial charge is 0.354 e. The van der Waals surface area contributed by atoms with Crippen LogP contribution in [-0.2, 0) is 16.6 Å². The molecule has 1 atom stereocenters. The summed E-state index contributed by atoms with van der Waals surface area (Å²) in [6.45, 7) is 9.19. The van der Waals surface area contributed by atoms with Crippen LogP contribution in [0.2, 0.25) is 0 Å². The molecule has 23 heavy (non-hydrogen) atoms. The molecule has 0 aliphatic heterocycles. The number of hydrogen-bond donors (Lipinski definition) is 0. The standard InChI is InChI=1S/C17H26N2O4/c1-8-9-19(13(5)20)12(4)16(21)14-10(2)15(17(22)23-7)18(6)11(14)3/h12H,8-9H2,1-7H3/t12-/m1/s1. The van der Waals surface area contributed by atoms with Gasteiger partial charge in [0.15, 0.2) is 5.78 Å². The third-order valence-electron chi connectivity index (χ3n) is 4.27. The molecule has 1 aromatic rings. The normalized spacial score (nSPS) is 12.0. The lowest BCUT2D eigenvalue weighted by Gasteiger charge is -2.27. The third-order valence-corrected chi connectivity index (χ3v) is 4.27. The van der Waals surface area contributed by atoms with Gasteiger partial charge < -0.3 is 14.2 Å². The SMILES string of the molecule is CCCN(C(C)=O)[C@H](C)C(=O)c1c(C)c(C(=O)OC)n(C)c1C. The molecule has 0 N–H and O–H groups in total. The monoisotopic (exact) mass is 322 g/mol. The van der Waals surface area contributed by atoms with Crippen LogP contribution in [0, 0.1) is 13.8 Å². The van der Waals surface area contributed by atoms with Gasteiger partial charge in [-0.2, -0.15) is 0 Å². The van der Waals surface area contributed by atoms with Crippen molar-refractivity contribution in [1.29, 1.82) is 0 Å². The number of carbonyl (C=O) groups is 3. The topological polar surface area (TPSA) is 68.6 Å². The summed E-state index contributed by atoms with van der Waals surface area (Å²) in [5.41, 5.74) is 2.14. The Labute approximate surface area is 137 Å². The van der Waals surface area contributed by atoms with Crippen molar-refractivity contribution in [2.75, 3.05) is 13.7 Å². The van der Waals surface area contributed by atoms with Crippen molar-refractivity contribution >= 4 is 17.7 Å². The number of nitrogens with zero attached hydrogens (tertiary/aromatic N) is 2. The number of rotatable bonds is 6. The van der Waals surface area contributed by atoms with Crippen molar-refractivity contribution in [3.05, 3.63) is 22.5 Å². The van der Waals surface area contributed by atoms with Crippen molar-refractivity contribution in [3.63, 3.8) is 0 Å². The third kappa shape index (κ3) is 3.46. The summed E-state index contributed by atoms with van der Waals surface area (Å²) in [5, 5.41) is 0. The highest BCUT2D eigenvalue weighted by Crippen LogP contribution is 2.24. The number of methoxy groups -OCH3 is 1. The van der Waals surface area contributed by atoms with Crippen molar-refractivity contribution in [2.45, 2.75) is 47.1 Å². The predicted octanol–water partition coefficient (Wildman–Crippen LogP) is 2.26. The molecular formula is C17H26N2O4. The van der Waals surface area contributed by atoms with Gasteiger partial charge in [0.25, 0.3) is 0 Å². The van der Waals surface area contributed by atoms with Crippen LogP contribution in [0.1, 0.15) is 59.3 Å². The van der Waals surface area contributed by atoms with E-state index in [1.165, 1.54) is 14.0 Å². The number of ether oxygens (including phenoxy) is 1. The van der Waals surface area contributed by atoms with Crippen LogP contribution < -0.4 is 0 Å². The fraction of sp³-hybridized carbons (Fsp3) is 0.588. The van der Waals surface area contributed by atoms with E-state index in [0.717, 1.165) is 6.42 Å². The molecule has 0 aliphatic rings. The fourth-order valence-electron chi connectivity index (χ4n) is 2.94. The summed E-state index contributed by atoms with van der Waals surface area (Å²) in [6.07, 6.45) is 0.775. The van der Waals surface area contributed by atoms with E-state index in [1.807, 2.05) is 6.92 Å². The second-order valence-electron chi connectivity index (χ2n) is 5.74. The first-order valence-electron chi connectivity index (χ1n) is 7.74. The molecule has 1 aromatic heterocycles. The minimum atomic E-state index is -0.572. The number of hydrogen-bond acceptors (Lipinski definition) is 4. The van der Waals surface area contributed by atoms with Gasteiger partial charge in [-0.15, -0.1) is 0 Å². The molecule has 0 saturated carbocycles. The van der Waals surface area contributed by atoms with Crippen molar-refractivity contribution in [1.82, 2.24) is 9.47 Å². The van der Waals surface area contributed by atoms with E-state index in [0.29, 0.717) is 29.1 Å². The van der Waals surface area contributed by atoms with E-state index in [1.54, 1.807) is 37.3 Å². The highest BCUT2D eigenvalue weighted by Gasteiger charge is 2.31. The molecule has 6 heteroatoms. The molecule has 128 valence electrons. The largest absolute Gasteiger partial charge is 0.464 e. The van der Waals surface area contributed by atoms with Gasteiger partial charge in [-0.25, -0.2) is 4.79 Å². The van der Waals surface area contributed by atoms with Crippen molar-refractivity contribution in [3.8, 4) is 0 Å². The van der Waals surface area contributed by atoms with Gasteiger partial charge in [-0.1, -0.05) is 6.92 Å². The zero-order valence-electron chi connectivity index (χ0n) is 15.0. The maximum atomic E-state index is 12.9. The lowest BCUT2D eigenvalue weighted by Crippen LogP contribution is -2.42. The highest BCUT2D eigenvalue weighted by molar-refractivity contribution is 6.06. The Hall–Kier alpha value is -2.11. The summed E-state index contributed by atoms with van der Waals surface area (Å²) in [5.74, 6) is -0.765. The average molecular weight is 322 g/mol. The van der Waals surface area contributed by atoms with E-state index >= 15 is 0 Å². The molecule has 6 nitrogen and oxygen atoms in total. The summed E-state index contributed by atoms with van der Waals surface area (Å²) in [7, 11) is 3.04. The molecular weight excluding hydrogens is 296 g/mol. The number of ketones is 1. The Morgan fingerprint density at radius 2 is 1.83 bits per heavy atom. The molecule has 1 amide bonds. The Morgan fingerprint density at radius 1 is 1.26 bits per heavy atom. The first-order chi connectivity index (χ1) is 10.7. The van der Waals surface area contributed by atoms with E-state index < -0.39 is 12.0 Å². The van der Waals surface area contributed by atoms with Crippen LogP contribution in [-0.4, -0.2) is 46.8 Å². The lowest BCUT2D eigenvalue weighted by atomic mass is 9.99. The highest BCUT2D eigenvalue weighted by atomic mass is 16.5. The van der Waals surface area contributed by atoms with Gasteiger partial charge in [0.1, 0.15) is 5.69 Å². The molecule has 0 radical (unpaired) electrons. The van der Waals surface area contributed by atoms with Gasteiger partial charge in [-0.3, -0.25) is 9.59 Å². The van der Waals surface area contributed by atoms with E-state index in [4.69, 9.17) is 4.74 Å². The number of aromatic nitrogens is 1. The quantitative estimate of drug-likeness (QED) is 0.595. The van der Waals surface area contributed by atoms with Crippen LogP contribution >= 0.6 is 0 Å². The van der Waals surface area contributed by atoms with Crippen molar-refractivity contribution < 1.29 is 19.1 Å². The minimum absolute atomic E-state index is 0.132. The molecule has 0 fully saturated rings. The van der Waals surface area contributed by atoms with Crippen LogP contribution in [0.25, 0.3) is 0 Å². The lowest BCUT2D eigenvalue weighted by molar-refractivity contribution is -0.130. The second-order valence-corrected chi connectivity index (χ2v) is 5.74. The van der Waals surface area contributed by atoms with Gasteiger partial charge in [-0.05, 0) is 32.8 Å². The van der Waals surface area contributed by atoms with Crippen LogP contribution in [0.5, 0.6) is 0 Å². The summed E-state index contributed by atoms with van der Waals surface area (Å²) in [6, 6.07) is -0.572. The van der Waals surface area contributed by atoms with E-state index in [-0.39, 0.29) is 11.7 Å². The van der Waals surface area contributed by atoms with Crippen molar-refractivity contribution in [2.24, 2.45) is 7.05 Å². The summed E-state index contributed by atoms with van der Waals surface area (Å²) >= 11 is 0. The Balaban J connectivity index is 3.33. The molecule has 0 aliphatic carbocycles. The van der Waals surface area contributed by atoms with Crippen LogP contribution in [0.3, 0.4) is 0 Å². The molecule has 0 saturated heterocycles. The minimum Gasteiger partial charge on any atom is -0.464 e. The summed E-state index contributed by atoms with van der Waals surface area (Å²) in [4.78, 5) is 38.2. The number of Topliss-reactive ketones (excluding diaryl/α,β-unsaturated/α-hetero) is 1. The maximum Gasteiger partial charge on any atom is 0.354 e. The van der Waals surface area contributed by atoms with Crippen LogP contribution in [0.15, 0.2) is 0 Å². The van der Waals surface area contributed by atoms with Gasteiger partial charge in [0.2, 0.25) is 5.91 Å². The zero-order chi connectivity index (χ0) is 17.9. The number of carbonyl (C=O) groups excluding carboxylic acids is 3. The molecule has 0 unspecified atom stereocenters. The Bertz CT molecular complexity index is 631. The maximum absolute atomic E-state index is 12.9. The summed E-state index contributed by atoms with van der Waals surface area (Å²) < 4.78 is 6.46. The first kappa shape index (κ1) is 18.9. The van der Waals surface area contributed by atoms with Crippen LogP contribution in [0.4, 0.5) is 0 Å².